The highest BCUT2D eigenvalue weighted by Gasteiger charge is 2.22. The number of carbonyl (C=O) groups excluding carboxylic acids is 4. The van der Waals surface area contributed by atoms with Crippen molar-refractivity contribution in [2.24, 2.45) is 0 Å². The molecule has 0 unspecified atom stereocenters. The molecule has 2 aliphatic rings. The lowest BCUT2D eigenvalue weighted by atomic mass is 10.4. The van der Waals surface area contributed by atoms with E-state index in [1.807, 2.05) is 0 Å². The zero-order valence-corrected chi connectivity index (χ0v) is 10.3. The van der Waals surface area contributed by atoms with Gasteiger partial charge in [-0.1, -0.05) is 11.8 Å². The highest BCUT2D eigenvalue weighted by Crippen LogP contribution is 2.02. The molecule has 2 aliphatic heterocycles. The van der Waals surface area contributed by atoms with Gasteiger partial charge in [0.1, 0.15) is 0 Å². The zero-order chi connectivity index (χ0) is 14.5. The predicted octanol–water partition coefficient (Wildman–Crippen LogP) is -1.16. The van der Waals surface area contributed by atoms with Gasteiger partial charge in [0.15, 0.2) is 0 Å². The second-order valence-corrected chi connectivity index (χ2v) is 3.80. The maximum Gasteiger partial charge on any atom is 0.254 e. The minimum atomic E-state index is -0.406. The highest BCUT2D eigenvalue weighted by molar-refractivity contribution is 6.13. The molecule has 0 N–H and O–H groups in total. The van der Waals surface area contributed by atoms with Crippen LogP contribution in [-0.2, 0) is 19.2 Å². The van der Waals surface area contributed by atoms with Crippen molar-refractivity contribution in [3.8, 4) is 23.7 Å². The van der Waals surface area contributed by atoms with Crippen molar-refractivity contribution in [3.63, 3.8) is 0 Å². The Morgan fingerprint density at radius 3 is 1.25 bits per heavy atom. The summed E-state index contributed by atoms with van der Waals surface area (Å²) in [5.74, 6) is 8.39. The first-order valence-corrected chi connectivity index (χ1v) is 5.62. The van der Waals surface area contributed by atoms with Gasteiger partial charge in [-0.3, -0.25) is 29.0 Å². The summed E-state index contributed by atoms with van der Waals surface area (Å²) >= 11 is 0. The fourth-order valence-electron chi connectivity index (χ4n) is 1.50. The van der Waals surface area contributed by atoms with Crippen LogP contribution in [0.4, 0.5) is 0 Å². The van der Waals surface area contributed by atoms with Gasteiger partial charge < -0.3 is 0 Å². The molecule has 0 aliphatic carbocycles. The van der Waals surface area contributed by atoms with Crippen LogP contribution in [0.3, 0.4) is 0 Å². The van der Waals surface area contributed by atoms with Crippen LogP contribution in [0.2, 0.25) is 0 Å². The maximum atomic E-state index is 11.2. The number of hydrogen-bond acceptors (Lipinski definition) is 4. The van der Waals surface area contributed by atoms with Crippen LogP contribution in [0.5, 0.6) is 0 Å². The van der Waals surface area contributed by atoms with E-state index in [9.17, 15) is 19.2 Å². The van der Waals surface area contributed by atoms with E-state index in [1.54, 1.807) is 0 Å². The first-order chi connectivity index (χ1) is 9.59. The van der Waals surface area contributed by atoms with Crippen LogP contribution >= 0.6 is 0 Å². The van der Waals surface area contributed by atoms with Gasteiger partial charge in [0.25, 0.3) is 23.6 Å². The van der Waals surface area contributed by atoms with E-state index in [-0.39, 0.29) is 13.1 Å². The molecule has 2 heterocycles. The largest absolute Gasteiger partial charge is 0.269 e. The Kier molecular flexibility index (Phi) is 3.78. The van der Waals surface area contributed by atoms with Gasteiger partial charge in [-0.05, 0) is 11.8 Å². The molecule has 20 heavy (non-hydrogen) atoms. The van der Waals surface area contributed by atoms with E-state index < -0.39 is 23.6 Å². The number of hydrogen-bond donors (Lipinski definition) is 0. The number of amides is 4. The van der Waals surface area contributed by atoms with Crippen molar-refractivity contribution in [1.29, 1.82) is 0 Å². The Labute approximate surface area is 114 Å². The minimum absolute atomic E-state index is 0.0392. The quantitative estimate of drug-likeness (QED) is 0.468. The van der Waals surface area contributed by atoms with Gasteiger partial charge in [0, 0.05) is 24.3 Å². The minimum Gasteiger partial charge on any atom is -0.269 e. The molecule has 98 valence electrons. The molecule has 6 heteroatoms. The van der Waals surface area contributed by atoms with E-state index in [0.29, 0.717) is 0 Å². The fraction of sp³-hybridized carbons (Fsp3) is 0.143. The van der Waals surface area contributed by atoms with Gasteiger partial charge in [0.05, 0.1) is 13.1 Å². The molecule has 0 atom stereocenters. The van der Waals surface area contributed by atoms with Crippen molar-refractivity contribution < 1.29 is 19.2 Å². The molecule has 0 fully saturated rings. The molecule has 0 aromatic rings. The lowest BCUT2D eigenvalue weighted by Gasteiger charge is -2.08. The lowest BCUT2D eigenvalue weighted by Crippen LogP contribution is -2.30. The summed E-state index contributed by atoms with van der Waals surface area (Å²) in [6, 6.07) is 0. The summed E-state index contributed by atoms with van der Waals surface area (Å²) in [5.41, 5.74) is 0. The Morgan fingerprint density at radius 1 is 0.650 bits per heavy atom. The summed E-state index contributed by atoms with van der Waals surface area (Å²) in [5, 5.41) is 0. The summed E-state index contributed by atoms with van der Waals surface area (Å²) in [4.78, 5) is 46.7. The first kappa shape index (κ1) is 13.3. The van der Waals surface area contributed by atoms with Gasteiger partial charge in [-0.15, -0.1) is 0 Å². The Balaban J connectivity index is 1.82. The van der Waals surface area contributed by atoms with Crippen molar-refractivity contribution in [1.82, 2.24) is 9.80 Å². The average Bonchev–Trinajstić information content (AvgIpc) is 2.90. The monoisotopic (exact) mass is 268 g/mol. The van der Waals surface area contributed by atoms with Crippen LogP contribution < -0.4 is 0 Å². The van der Waals surface area contributed by atoms with Crippen LogP contribution in [0, 0.1) is 23.7 Å². The maximum absolute atomic E-state index is 11.2. The Hall–Kier alpha value is -3.12. The Bertz CT molecular complexity index is 583. The smallest absolute Gasteiger partial charge is 0.254 e. The molecule has 2 rings (SSSR count). The van der Waals surface area contributed by atoms with Crippen molar-refractivity contribution in [2.45, 2.75) is 0 Å². The third-order valence-electron chi connectivity index (χ3n) is 2.51. The van der Waals surface area contributed by atoms with Gasteiger partial charge in [0.2, 0.25) is 0 Å². The SMILES string of the molecule is O=C1C=CC(=O)N1CC#CC#CCN1C(=O)C=CC1=O. The molecule has 0 saturated carbocycles. The molecular weight excluding hydrogens is 260 g/mol. The van der Waals surface area contributed by atoms with Gasteiger partial charge in [-0.2, -0.15) is 0 Å². The number of nitrogens with zero attached hydrogens (tertiary/aromatic N) is 2. The van der Waals surface area contributed by atoms with Crippen LogP contribution in [0.15, 0.2) is 24.3 Å². The molecule has 0 aromatic carbocycles. The molecule has 6 nitrogen and oxygen atoms in total. The van der Waals surface area contributed by atoms with E-state index >= 15 is 0 Å². The average molecular weight is 268 g/mol. The second kappa shape index (κ2) is 5.68. The normalized spacial score (nSPS) is 16.4. The molecule has 0 bridgehead atoms. The standard InChI is InChI=1S/C14H8N2O4/c17-11-5-6-12(18)15(11)9-3-1-2-4-10-16-13(19)7-8-14(16)20/h5-8H,9-10H2. The molecular formula is C14H8N2O4. The molecule has 0 radical (unpaired) electrons. The van der Waals surface area contributed by atoms with Gasteiger partial charge in [-0.25, -0.2) is 0 Å². The molecule has 0 saturated heterocycles. The molecule has 0 spiro atoms. The van der Waals surface area contributed by atoms with E-state index in [2.05, 4.69) is 23.7 Å². The third-order valence-corrected chi connectivity index (χ3v) is 2.51. The van der Waals surface area contributed by atoms with E-state index in [1.165, 1.54) is 24.3 Å². The van der Waals surface area contributed by atoms with Gasteiger partial charge >= 0.3 is 0 Å². The lowest BCUT2D eigenvalue weighted by molar-refractivity contribution is -0.137. The van der Waals surface area contributed by atoms with E-state index in [4.69, 9.17) is 0 Å². The zero-order valence-electron chi connectivity index (χ0n) is 10.3. The number of rotatable bonds is 2. The highest BCUT2D eigenvalue weighted by atomic mass is 16.2. The topological polar surface area (TPSA) is 74.8 Å². The van der Waals surface area contributed by atoms with Crippen molar-refractivity contribution >= 4 is 23.6 Å². The van der Waals surface area contributed by atoms with Crippen molar-refractivity contribution in [2.75, 3.05) is 13.1 Å². The summed E-state index contributed by atoms with van der Waals surface area (Å²) in [6.45, 7) is -0.0784. The second-order valence-electron chi connectivity index (χ2n) is 3.80. The molecule has 4 amide bonds. The fourth-order valence-corrected chi connectivity index (χ4v) is 1.50. The predicted molar refractivity (Wildman–Crippen MR) is 67.3 cm³/mol. The van der Waals surface area contributed by atoms with Crippen molar-refractivity contribution in [3.05, 3.63) is 24.3 Å². The Morgan fingerprint density at radius 2 is 0.950 bits per heavy atom. The summed E-state index contributed by atoms with van der Waals surface area (Å²) < 4.78 is 0. The summed E-state index contributed by atoms with van der Waals surface area (Å²) in [7, 11) is 0. The number of imide groups is 2. The number of carbonyl (C=O) groups is 4. The van der Waals surface area contributed by atoms with E-state index in [0.717, 1.165) is 9.80 Å². The third kappa shape index (κ3) is 2.82. The summed E-state index contributed by atoms with van der Waals surface area (Å²) in [6.07, 6.45) is 4.70. The van der Waals surface area contributed by atoms with Crippen LogP contribution in [-0.4, -0.2) is 46.5 Å². The first-order valence-electron chi connectivity index (χ1n) is 5.62. The van der Waals surface area contributed by atoms with Crippen LogP contribution in [0.25, 0.3) is 0 Å². The van der Waals surface area contributed by atoms with Crippen LogP contribution in [0.1, 0.15) is 0 Å². The molecule has 0 aromatic heterocycles.